The van der Waals surface area contributed by atoms with Crippen molar-refractivity contribution in [1.82, 2.24) is 0 Å². The number of anilines is 1. The van der Waals surface area contributed by atoms with Crippen molar-refractivity contribution >= 4 is 11.4 Å². The van der Waals surface area contributed by atoms with Crippen molar-refractivity contribution in [1.29, 1.82) is 0 Å². The van der Waals surface area contributed by atoms with Crippen LogP contribution in [-0.2, 0) is 6.42 Å². The number of phenols is 1. The van der Waals surface area contributed by atoms with Gasteiger partial charge in [0.25, 0.3) is 5.69 Å². The molecule has 2 aromatic carbocycles. The second-order valence-corrected chi connectivity index (χ2v) is 5.09. The van der Waals surface area contributed by atoms with E-state index in [1.54, 1.807) is 18.2 Å². The van der Waals surface area contributed by atoms with E-state index in [2.05, 4.69) is 18.7 Å². The first-order valence-corrected chi connectivity index (χ1v) is 7.35. The molecule has 2 aromatic rings. The molecule has 116 valence electrons. The van der Waals surface area contributed by atoms with Gasteiger partial charge in [0.15, 0.2) is 0 Å². The molecule has 0 aromatic heterocycles. The van der Waals surface area contributed by atoms with E-state index in [4.69, 9.17) is 0 Å². The smallest absolute Gasteiger partial charge is 0.269 e. The van der Waals surface area contributed by atoms with Crippen molar-refractivity contribution in [2.75, 3.05) is 18.0 Å². The molecule has 5 nitrogen and oxygen atoms in total. The second-order valence-electron chi connectivity index (χ2n) is 5.09. The van der Waals surface area contributed by atoms with Gasteiger partial charge in [0, 0.05) is 43.4 Å². The SMILES string of the molecule is CCN(CC)c1ccc(Cc2ccc([N+](=O)[O-])cc2)c(O)c1. The Hall–Kier alpha value is -2.56. The van der Waals surface area contributed by atoms with Crippen molar-refractivity contribution in [3.05, 3.63) is 63.7 Å². The maximum absolute atomic E-state index is 10.6. The molecule has 2 rings (SSSR count). The Balaban J connectivity index is 2.17. The lowest BCUT2D eigenvalue weighted by atomic mass is 10.0. The Labute approximate surface area is 130 Å². The molecule has 0 aliphatic heterocycles. The molecule has 0 bridgehead atoms. The molecule has 0 saturated heterocycles. The molecular formula is C17H20N2O3. The zero-order chi connectivity index (χ0) is 16.1. The predicted molar refractivity (Wildman–Crippen MR) is 87.6 cm³/mol. The summed E-state index contributed by atoms with van der Waals surface area (Å²) in [6, 6.07) is 12.1. The summed E-state index contributed by atoms with van der Waals surface area (Å²) in [6.45, 7) is 5.92. The van der Waals surface area contributed by atoms with Gasteiger partial charge in [0.2, 0.25) is 0 Å². The van der Waals surface area contributed by atoms with Crippen molar-refractivity contribution in [2.24, 2.45) is 0 Å². The van der Waals surface area contributed by atoms with Gasteiger partial charge in [0.1, 0.15) is 5.75 Å². The first kappa shape index (κ1) is 15.8. The highest BCUT2D eigenvalue weighted by Gasteiger charge is 2.09. The molecule has 0 aliphatic carbocycles. The van der Waals surface area contributed by atoms with E-state index in [-0.39, 0.29) is 11.4 Å². The summed E-state index contributed by atoms with van der Waals surface area (Å²) < 4.78 is 0. The Morgan fingerprint density at radius 1 is 1.09 bits per heavy atom. The van der Waals surface area contributed by atoms with Gasteiger partial charge in [-0.15, -0.1) is 0 Å². The summed E-state index contributed by atoms with van der Waals surface area (Å²) in [5, 5.41) is 20.8. The average Bonchev–Trinajstić information content (AvgIpc) is 2.51. The monoisotopic (exact) mass is 300 g/mol. The molecule has 0 radical (unpaired) electrons. The van der Waals surface area contributed by atoms with Crippen LogP contribution >= 0.6 is 0 Å². The molecule has 0 fully saturated rings. The highest BCUT2D eigenvalue weighted by atomic mass is 16.6. The van der Waals surface area contributed by atoms with Gasteiger partial charge in [-0.2, -0.15) is 0 Å². The van der Waals surface area contributed by atoms with Crippen molar-refractivity contribution < 1.29 is 10.0 Å². The van der Waals surface area contributed by atoms with E-state index in [1.807, 2.05) is 12.1 Å². The molecule has 0 atom stereocenters. The topological polar surface area (TPSA) is 66.6 Å². The Morgan fingerprint density at radius 2 is 1.73 bits per heavy atom. The molecular weight excluding hydrogens is 280 g/mol. The minimum absolute atomic E-state index is 0.0739. The minimum atomic E-state index is -0.417. The van der Waals surface area contributed by atoms with Crippen LogP contribution in [0.1, 0.15) is 25.0 Å². The number of non-ortho nitro benzene ring substituents is 1. The number of nitro groups is 1. The summed E-state index contributed by atoms with van der Waals surface area (Å²) in [5.41, 5.74) is 2.81. The molecule has 0 spiro atoms. The molecule has 0 aliphatic rings. The molecule has 0 saturated carbocycles. The molecule has 22 heavy (non-hydrogen) atoms. The fraction of sp³-hybridized carbons (Fsp3) is 0.294. The Morgan fingerprint density at radius 3 is 2.23 bits per heavy atom. The van der Waals surface area contributed by atoms with Crippen molar-refractivity contribution in [3.8, 4) is 5.75 Å². The highest BCUT2D eigenvalue weighted by Crippen LogP contribution is 2.27. The summed E-state index contributed by atoms with van der Waals surface area (Å²) in [6.07, 6.45) is 0.544. The third-order valence-electron chi connectivity index (χ3n) is 3.74. The van der Waals surface area contributed by atoms with Gasteiger partial charge >= 0.3 is 0 Å². The van der Waals surface area contributed by atoms with E-state index in [1.165, 1.54) is 12.1 Å². The number of nitro benzene ring substituents is 1. The standard InChI is InChI=1S/C17H20N2O3/c1-3-18(4-2)16-10-7-14(17(20)12-16)11-13-5-8-15(9-6-13)19(21)22/h5-10,12,20H,3-4,11H2,1-2H3. The van der Waals surface area contributed by atoms with Crippen LogP contribution in [-0.4, -0.2) is 23.1 Å². The van der Waals surface area contributed by atoms with E-state index < -0.39 is 4.92 Å². The van der Waals surface area contributed by atoms with Gasteiger partial charge in [-0.1, -0.05) is 18.2 Å². The Kier molecular flexibility index (Phi) is 4.99. The lowest BCUT2D eigenvalue weighted by Gasteiger charge is -2.21. The Bertz CT molecular complexity index is 649. The normalized spacial score (nSPS) is 10.5. The zero-order valence-corrected chi connectivity index (χ0v) is 12.8. The molecule has 5 heteroatoms. The number of benzene rings is 2. The quantitative estimate of drug-likeness (QED) is 0.652. The van der Waals surface area contributed by atoms with Crippen molar-refractivity contribution in [2.45, 2.75) is 20.3 Å². The molecule has 0 unspecified atom stereocenters. The lowest BCUT2D eigenvalue weighted by Crippen LogP contribution is -2.21. The number of nitrogens with zero attached hydrogens (tertiary/aromatic N) is 2. The van der Waals surface area contributed by atoms with Crippen LogP contribution in [0.5, 0.6) is 5.75 Å². The van der Waals surface area contributed by atoms with Crippen LogP contribution in [0.2, 0.25) is 0 Å². The second kappa shape index (κ2) is 6.93. The van der Waals surface area contributed by atoms with E-state index in [0.717, 1.165) is 29.9 Å². The summed E-state index contributed by atoms with van der Waals surface area (Å²) in [7, 11) is 0. The van der Waals surface area contributed by atoms with E-state index in [0.29, 0.717) is 6.42 Å². The fourth-order valence-corrected chi connectivity index (χ4v) is 2.44. The number of aromatic hydroxyl groups is 1. The van der Waals surface area contributed by atoms with Crippen LogP contribution in [0.3, 0.4) is 0 Å². The van der Waals surface area contributed by atoms with Crippen LogP contribution in [0.15, 0.2) is 42.5 Å². The maximum Gasteiger partial charge on any atom is 0.269 e. The molecule has 1 N–H and O–H groups in total. The van der Waals surface area contributed by atoms with E-state index >= 15 is 0 Å². The maximum atomic E-state index is 10.6. The molecule has 0 amide bonds. The summed E-state index contributed by atoms with van der Waals surface area (Å²) in [4.78, 5) is 12.4. The zero-order valence-electron chi connectivity index (χ0n) is 12.8. The number of rotatable bonds is 6. The summed E-state index contributed by atoms with van der Waals surface area (Å²) >= 11 is 0. The number of phenolic OH excluding ortho intramolecular Hbond substituents is 1. The van der Waals surface area contributed by atoms with Crippen LogP contribution < -0.4 is 4.90 Å². The number of hydrogen-bond acceptors (Lipinski definition) is 4. The van der Waals surface area contributed by atoms with Crippen LogP contribution in [0.4, 0.5) is 11.4 Å². The van der Waals surface area contributed by atoms with Gasteiger partial charge in [0.05, 0.1) is 4.92 Å². The average molecular weight is 300 g/mol. The summed E-state index contributed by atoms with van der Waals surface area (Å²) in [5.74, 6) is 0.253. The minimum Gasteiger partial charge on any atom is -0.508 e. The highest BCUT2D eigenvalue weighted by molar-refractivity contribution is 5.54. The van der Waals surface area contributed by atoms with Crippen LogP contribution in [0.25, 0.3) is 0 Å². The number of hydrogen-bond donors (Lipinski definition) is 1. The third kappa shape index (κ3) is 3.55. The largest absolute Gasteiger partial charge is 0.508 e. The van der Waals surface area contributed by atoms with Crippen LogP contribution in [0, 0.1) is 10.1 Å². The lowest BCUT2D eigenvalue weighted by molar-refractivity contribution is -0.384. The van der Waals surface area contributed by atoms with Gasteiger partial charge < -0.3 is 10.0 Å². The first-order chi connectivity index (χ1) is 10.5. The molecule has 0 heterocycles. The van der Waals surface area contributed by atoms with E-state index in [9.17, 15) is 15.2 Å². The predicted octanol–water partition coefficient (Wildman–Crippen LogP) is 3.74. The first-order valence-electron chi connectivity index (χ1n) is 7.35. The fourth-order valence-electron chi connectivity index (χ4n) is 2.44. The van der Waals surface area contributed by atoms with Gasteiger partial charge in [-0.3, -0.25) is 10.1 Å². The van der Waals surface area contributed by atoms with Gasteiger partial charge in [-0.05, 0) is 31.0 Å². The van der Waals surface area contributed by atoms with Gasteiger partial charge in [-0.25, -0.2) is 0 Å². The van der Waals surface area contributed by atoms with Crippen molar-refractivity contribution in [3.63, 3.8) is 0 Å². The third-order valence-corrected chi connectivity index (χ3v) is 3.74.